The minimum absolute atomic E-state index is 0.105. The van der Waals surface area contributed by atoms with Gasteiger partial charge in [0.2, 0.25) is 0 Å². The largest absolute Gasteiger partial charge is 0.481 e. The van der Waals surface area contributed by atoms with Gasteiger partial charge >= 0.3 is 5.97 Å². The molecule has 1 saturated carbocycles. The van der Waals surface area contributed by atoms with Gasteiger partial charge in [-0.25, -0.2) is 0 Å². The van der Waals surface area contributed by atoms with Crippen molar-refractivity contribution < 1.29 is 9.90 Å². The standard InChI is InChI=1S/C14H26O2S/c1-4-10(3)9-17-13-8-11(5-2)6-7-12(13)14(15)16/h10-13H,4-9H2,1-3H3,(H,15,16). The lowest BCUT2D eigenvalue weighted by molar-refractivity contribution is -0.142. The van der Waals surface area contributed by atoms with Gasteiger partial charge in [-0.15, -0.1) is 0 Å². The molecular formula is C14H26O2S. The fraction of sp³-hybridized carbons (Fsp3) is 0.929. The van der Waals surface area contributed by atoms with Crippen molar-refractivity contribution in [1.29, 1.82) is 0 Å². The number of aliphatic carboxylic acids is 1. The number of rotatable bonds is 6. The number of hydrogen-bond acceptors (Lipinski definition) is 2. The minimum Gasteiger partial charge on any atom is -0.481 e. The van der Waals surface area contributed by atoms with Gasteiger partial charge in [0.05, 0.1) is 5.92 Å². The average molecular weight is 258 g/mol. The van der Waals surface area contributed by atoms with Gasteiger partial charge < -0.3 is 5.11 Å². The zero-order valence-electron chi connectivity index (χ0n) is 11.3. The van der Waals surface area contributed by atoms with Gasteiger partial charge in [-0.3, -0.25) is 4.79 Å². The van der Waals surface area contributed by atoms with Crippen LogP contribution in [0, 0.1) is 17.8 Å². The van der Waals surface area contributed by atoms with Crippen molar-refractivity contribution in [1.82, 2.24) is 0 Å². The molecule has 1 rings (SSSR count). The van der Waals surface area contributed by atoms with Crippen LogP contribution in [0.5, 0.6) is 0 Å². The van der Waals surface area contributed by atoms with Crippen LogP contribution in [0.15, 0.2) is 0 Å². The molecule has 0 heterocycles. The van der Waals surface area contributed by atoms with Crippen LogP contribution in [-0.4, -0.2) is 22.1 Å². The van der Waals surface area contributed by atoms with E-state index in [1.807, 2.05) is 11.8 Å². The molecular weight excluding hydrogens is 232 g/mol. The second kappa shape index (κ2) is 7.30. The number of hydrogen-bond donors (Lipinski definition) is 1. The van der Waals surface area contributed by atoms with Gasteiger partial charge in [0.15, 0.2) is 0 Å². The van der Waals surface area contributed by atoms with Crippen LogP contribution < -0.4 is 0 Å². The summed E-state index contributed by atoms with van der Waals surface area (Å²) in [5.74, 6) is 1.88. The molecule has 0 bridgehead atoms. The first-order chi connectivity index (χ1) is 8.08. The first-order valence-electron chi connectivity index (χ1n) is 6.92. The van der Waals surface area contributed by atoms with Crippen molar-refractivity contribution in [3.8, 4) is 0 Å². The summed E-state index contributed by atoms with van der Waals surface area (Å²) >= 11 is 1.90. The highest BCUT2D eigenvalue weighted by Crippen LogP contribution is 2.38. The molecule has 0 aliphatic heterocycles. The van der Waals surface area contributed by atoms with Crippen LogP contribution in [0.2, 0.25) is 0 Å². The van der Waals surface area contributed by atoms with E-state index in [9.17, 15) is 9.90 Å². The molecule has 0 aromatic heterocycles. The van der Waals surface area contributed by atoms with E-state index < -0.39 is 5.97 Å². The average Bonchev–Trinajstić information content (AvgIpc) is 2.35. The summed E-state index contributed by atoms with van der Waals surface area (Å²) in [5, 5.41) is 9.62. The number of carbonyl (C=O) groups is 1. The molecule has 0 aromatic rings. The molecule has 1 N–H and O–H groups in total. The summed E-state index contributed by atoms with van der Waals surface area (Å²) in [6.07, 6.45) is 5.48. The van der Waals surface area contributed by atoms with Crippen LogP contribution >= 0.6 is 11.8 Å². The van der Waals surface area contributed by atoms with E-state index in [2.05, 4.69) is 20.8 Å². The molecule has 0 saturated heterocycles. The van der Waals surface area contributed by atoms with E-state index in [-0.39, 0.29) is 5.92 Å². The Kier molecular flexibility index (Phi) is 6.39. The van der Waals surface area contributed by atoms with Crippen molar-refractivity contribution in [3.05, 3.63) is 0 Å². The molecule has 0 spiro atoms. The van der Waals surface area contributed by atoms with Gasteiger partial charge in [-0.1, -0.05) is 33.6 Å². The van der Waals surface area contributed by atoms with Crippen molar-refractivity contribution in [2.75, 3.05) is 5.75 Å². The first kappa shape index (κ1) is 14.9. The summed E-state index contributed by atoms with van der Waals surface area (Å²) < 4.78 is 0. The molecule has 4 atom stereocenters. The molecule has 100 valence electrons. The molecule has 17 heavy (non-hydrogen) atoms. The molecule has 1 aliphatic rings. The Morgan fingerprint density at radius 3 is 2.65 bits per heavy atom. The molecule has 1 fully saturated rings. The zero-order valence-corrected chi connectivity index (χ0v) is 12.1. The van der Waals surface area contributed by atoms with Crippen LogP contribution in [0.25, 0.3) is 0 Å². The highest BCUT2D eigenvalue weighted by atomic mass is 32.2. The van der Waals surface area contributed by atoms with Gasteiger partial charge in [-0.2, -0.15) is 11.8 Å². The van der Waals surface area contributed by atoms with Gasteiger partial charge in [0.25, 0.3) is 0 Å². The SMILES string of the molecule is CCC(C)CSC1CC(CC)CCC1C(=O)O. The van der Waals surface area contributed by atoms with E-state index in [0.29, 0.717) is 11.2 Å². The van der Waals surface area contributed by atoms with Gasteiger partial charge in [0.1, 0.15) is 0 Å². The van der Waals surface area contributed by atoms with Crippen LogP contribution in [0.3, 0.4) is 0 Å². The van der Waals surface area contributed by atoms with Crippen LogP contribution in [0.1, 0.15) is 52.9 Å². The van der Waals surface area contributed by atoms with Crippen molar-refractivity contribution in [2.24, 2.45) is 17.8 Å². The Balaban J connectivity index is 2.51. The van der Waals surface area contributed by atoms with Gasteiger partial charge in [-0.05, 0) is 36.9 Å². The molecule has 0 radical (unpaired) electrons. The quantitative estimate of drug-likeness (QED) is 0.781. The lowest BCUT2D eigenvalue weighted by Crippen LogP contribution is -2.33. The summed E-state index contributed by atoms with van der Waals surface area (Å²) in [6, 6.07) is 0. The molecule has 1 aliphatic carbocycles. The monoisotopic (exact) mass is 258 g/mol. The lowest BCUT2D eigenvalue weighted by Gasteiger charge is -2.33. The normalized spacial score (nSPS) is 31.1. The number of carboxylic acids is 1. The topological polar surface area (TPSA) is 37.3 Å². The predicted molar refractivity (Wildman–Crippen MR) is 74.5 cm³/mol. The Hall–Kier alpha value is -0.180. The van der Waals surface area contributed by atoms with Crippen LogP contribution in [0.4, 0.5) is 0 Å². The fourth-order valence-electron chi connectivity index (χ4n) is 2.46. The Morgan fingerprint density at radius 2 is 2.12 bits per heavy atom. The highest BCUT2D eigenvalue weighted by molar-refractivity contribution is 7.99. The summed E-state index contributed by atoms with van der Waals surface area (Å²) in [5.41, 5.74) is 0. The number of thioether (sulfide) groups is 1. The zero-order chi connectivity index (χ0) is 12.8. The van der Waals surface area contributed by atoms with Crippen molar-refractivity contribution in [2.45, 2.75) is 58.1 Å². The molecule has 4 unspecified atom stereocenters. The van der Waals surface area contributed by atoms with E-state index in [4.69, 9.17) is 0 Å². The first-order valence-corrected chi connectivity index (χ1v) is 7.97. The maximum Gasteiger partial charge on any atom is 0.307 e. The Bertz CT molecular complexity index is 242. The number of carboxylic acid groups (broad SMARTS) is 1. The predicted octanol–water partition coefficient (Wildman–Crippen LogP) is 4.05. The Labute approximate surface area is 110 Å². The fourth-order valence-corrected chi connectivity index (χ4v) is 4.16. The smallest absolute Gasteiger partial charge is 0.307 e. The maximum atomic E-state index is 11.3. The van der Waals surface area contributed by atoms with Crippen LogP contribution in [-0.2, 0) is 4.79 Å². The molecule has 0 amide bonds. The molecule has 2 nitrogen and oxygen atoms in total. The second-order valence-corrected chi connectivity index (χ2v) is 6.69. The third kappa shape index (κ3) is 4.53. The van der Waals surface area contributed by atoms with E-state index in [0.717, 1.165) is 30.9 Å². The maximum absolute atomic E-state index is 11.3. The summed E-state index contributed by atoms with van der Waals surface area (Å²) in [6.45, 7) is 6.68. The van der Waals surface area contributed by atoms with Crippen molar-refractivity contribution in [3.63, 3.8) is 0 Å². The van der Waals surface area contributed by atoms with Crippen molar-refractivity contribution >= 4 is 17.7 Å². The lowest BCUT2D eigenvalue weighted by atomic mass is 9.80. The highest BCUT2D eigenvalue weighted by Gasteiger charge is 2.34. The van der Waals surface area contributed by atoms with Gasteiger partial charge in [0, 0.05) is 5.25 Å². The summed E-state index contributed by atoms with van der Waals surface area (Å²) in [4.78, 5) is 11.3. The van der Waals surface area contributed by atoms with E-state index in [1.54, 1.807) is 0 Å². The molecule has 0 aromatic carbocycles. The second-order valence-electron chi connectivity index (χ2n) is 5.42. The minimum atomic E-state index is -0.582. The third-order valence-corrected chi connectivity index (χ3v) is 5.80. The summed E-state index contributed by atoms with van der Waals surface area (Å²) in [7, 11) is 0. The third-order valence-electron chi connectivity index (χ3n) is 4.09. The molecule has 3 heteroatoms. The van der Waals surface area contributed by atoms with E-state index >= 15 is 0 Å². The Morgan fingerprint density at radius 1 is 1.41 bits per heavy atom. The van der Waals surface area contributed by atoms with E-state index in [1.165, 1.54) is 12.8 Å².